The van der Waals surface area contributed by atoms with Crippen LogP contribution in [0.1, 0.15) is 32.8 Å². The van der Waals surface area contributed by atoms with E-state index in [1.165, 1.54) is 11.3 Å². The van der Waals surface area contributed by atoms with Gasteiger partial charge < -0.3 is 0 Å². The first-order valence-corrected chi connectivity index (χ1v) is 6.85. The largest absolute Gasteiger partial charge is 0.289 e. The van der Waals surface area contributed by atoms with Crippen LogP contribution in [0.4, 0.5) is 4.39 Å². The second-order valence-electron chi connectivity index (χ2n) is 5.57. The second kappa shape index (κ2) is 4.96. The smallest absolute Gasteiger partial charge is 0.137 e. The zero-order valence-corrected chi connectivity index (χ0v) is 12.5. The molecular weight excluding hydrogens is 293 g/mol. The van der Waals surface area contributed by atoms with Crippen LogP contribution in [-0.2, 0) is 0 Å². The topological polar surface area (TPSA) is 12.4 Å². The minimum absolute atomic E-state index is 0.0768. The first-order chi connectivity index (χ1) is 8.38. The summed E-state index contributed by atoms with van der Waals surface area (Å²) < 4.78 is 14.1. The number of hydrogen-bond donors (Lipinski definition) is 0. The molecule has 1 aromatic rings. The maximum atomic E-state index is 13.6. The maximum absolute atomic E-state index is 13.6. The summed E-state index contributed by atoms with van der Waals surface area (Å²) in [5.74, 6) is -0.215. The van der Waals surface area contributed by atoms with Crippen LogP contribution in [0, 0.1) is 11.2 Å². The number of halogens is 2. The summed E-state index contributed by atoms with van der Waals surface area (Å²) in [4.78, 5) is 4.55. The van der Waals surface area contributed by atoms with Gasteiger partial charge >= 0.3 is 0 Å². The molecule has 0 aromatic heterocycles. The standard InChI is InChI=1S/C15H17BrFN/c1-15(2,3)14-9-11(6-7-18-14)10-4-5-12(16)13(17)8-10/h4-6,8H,7,9H2,1-3H3. The van der Waals surface area contributed by atoms with Gasteiger partial charge in [0.1, 0.15) is 5.82 Å². The summed E-state index contributed by atoms with van der Waals surface area (Å²) in [5, 5.41) is 0. The minimum atomic E-state index is -0.215. The number of dihydropyridines is 1. The molecule has 1 aliphatic heterocycles. The normalized spacial score (nSPS) is 16.3. The van der Waals surface area contributed by atoms with Gasteiger partial charge in [0.2, 0.25) is 0 Å². The second-order valence-corrected chi connectivity index (χ2v) is 6.43. The van der Waals surface area contributed by atoms with Crippen LogP contribution in [0.3, 0.4) is 0 Å². The SMILES string of the molecule is CC(C)(C)C1=NCC=C(c2ccc(Br)c(F)c2)C1. The Kier molecular flexibility index (Phi) is 3.71. The molecule has 1 nitrogen and oxygen atoms in total. The molecular formula is C15H17BrFN. The van der Waals surface area contributed by atoms with E-state index < -0.39 is 0 Å². The van der Waals surface area contributed by atoms with Crippen molar-refractivity contribution >= 4 is 27.2 Å². The van der Waals surface area contributed by atoms with Gasteiger partial charge in [0.25, 0.3) is 0 Å². The van der Waals surface area contributed by atoms with E-state index in [1.54, 1.807) is 12.1 Å². The predicted octanol–water partition coefficient (Wildman–Crippen LogP) is 4.86. The van der Waals surface area contributed by atoms with Crippen molar-refractivity contribution in [3.05, 3.63) is 40.1 Å². The van der Waals surface area contributed by atoms with E-state index in [9.17, 15) is 4.39 Å². The van der Waals surface area contributed by atoms with Gasteiger partial charge in [-0.05, 0) is 39.2 Å². The van der Waals surface area contributed by atoms with E-state index in [4.69, 9.17) is 0 Å². The van der Waals surface area contributed by atoms with Gasteiger partial charge in [-0.2, -0.15) is 0 Å². The summed E-state index contributed by atoms with van der Waals surface area (Å²) in [6.45, 7) is 7.18. The van der Waals surface area contributed by atoms with E-state index in [1.807, 2.05) is 6.07 Å². The third kappa shape index (κ3) is 2.89. The van der Waals surface area contributed by atoms with Crippen molar-refractivity contribution in [1.82, 2.24) is 0 Å². The molecule has 0 atom stereocenters. The van der Waals surface area contributed by atoms with Crippen molar-refractivity contribution in [2.24, 2.45) is 10.4 Å². The number of nitrogens with zero attached hydrogens (tertiary/aromatic N) is 1. The van der Waals surface area contributed by atoms with Crippen molar-refractivity contribution in [2.75, 3.05) is 6.54 Å². The lowest BCUT2D eigenvalue weighted by molar-refractivity contribution is 0.580. The average Bonchev–Trinajstić information content (AvgIpc) is 2.32. The molecule has 18 heavy (non-hydrogen) atoms. The van der Waals surface area contributed by atoms with Crippen LogP contribution in [-0.4, -0.2) is 12.3 Å². The molecule has 0 spiro atoms. The fraction of sp³-hybridized carbons (Fsp3) is 0.400. The molecule has 1 aromatic carbocycles. The lowest BCUT2D eigenvalue weighted by Gasteiger charge is -2.25. The number of aliphatic imine (C=N–C) groups is 1. The van der Waals surface area contributed by atoms with Gasteiger partial charge in [-0.3, -0.25) is 4.99 Å². The fourth-order valence-corrected chi connectivity index (χ4v) is 2.24. The third-order valence-corrected chi connectivity index (χ3v) is 3.78. The highest BCUT2D eigenvalue weighted by molar-refractivity contribution is 9.10. The average molecular weight is 310 g/mol. The first-order valence-electron chi connectivity index (χ1n) is 6.06. The van der Waals surface area contributed by atoms with Crippen LogP contribution in [0.5, 0.6) is 0 Å². The summed E-state index contributed by atoms with van der Waals surface area (Å²) in [6.07, 6.45) is 2.89. The Morgan fingerprint density at radius 2 is 2.00 bits per heavy atom. The zero-order chi connectivity index (χ0) is 13.3. The number of rotatable bonds is 1. The molecule has 0 bridgehead atoms. The Bertz CT molecular complexity index is 524. The Labute approximate surface area is 116 Å². The highest BCUT2D eigenvalue weighted by Crippen LogP contribution is 2.30. The van der Waals surface area contributed by atoms with Crippen LogP contribution in [0.25, 0.3) is 5.57 Å². The summed E-state index contributed by atoms with van der Waals surface area (Å²) >= 11 is 3.18. The zero-order valence-electron chi connectivity index (χ0n) is 10.9. The summed E-state index contributed by atoms with van der Waals surface area (Å²) in [6, 6.07) is 5.29. The van der Waals surface area contributed by atoms with E-state index in [2.05, 4.69) is 47.8 Å². The van der Waals surface area contributed by atoms with E-state index in [0.717, 1.165) is 12.0 Å². The van der Waals surface area contributed by atoms with Gasteiger partial charge in [0.05, 0.1) is 11.0 Å². The van der Waals surface area contributed by atoms with E-state index >= 15 is 0 Å². The predicted molar refractivity (Wildman–Crippen MR) is 78.5 cm³/mol. The van der Waals surface area contributed by atoms with E-state index in [0.29, 0.717) is 11.0 Å². The molecule has 0 N–H and O–H groups in total. The van der Waals surface area contributed by atoms with Gasteiger partial charge in [-0.15, -0.1) is 0 Å². The molecule has 0 aliphatic carbocycles. The Balaban J connectivity index is 2.25. The minimum Gasteiger partial charge on any atom is -0.289 e. The van der Waals surface area contributed by atoms with Crippen molar-refractivity contribution in [3.63, 3.8) is 0 Å². The summed E-state index contributed by atoms with van der Waals surface area (Å²) in [5.41, 5.74) is 3.38. The fourth-order valence-electron chi connectivity index (χ4n) is 1.99. The Morgan fingerprint density at radius 1 is 1.28 bits per heavy atom. The number of allylic oxidation sites excluding steroid dienone is 1. The highest BCUT2D eigenvalue weighted by atomic mass is 79.9. The Hall–Kier alpha value is -0.960. The molecule has 0 saturated carbocycles. The van der Waals surface area contributed by atoms with Crippen LogP contribution in [0.15, 0.2) is 33.7 Å². The van der Waals surface area contributed by atoms with Gasteiger partial charge in [0.15, 0.2) is 0 Å². The molecule has 0 saturated heterocycles. The number of benzene rings is 1. The molecule has 0 unspecified atom stereocenters. The molecule has 2 rings (SSSR count). The molecule has 0 radical (unpaired) electrons. The quantitative estimate of drug-likeness (QED) is 0.702. The van der Waals surface area contributed by atoms with E-state index in [-0.39, 0.29) is 11.2 Å². The summed E-state index contributed by atoms with van der Waals surface area (Å²) in [7, 11) is 0. The van der Waals surface area contributed by atoms with Gasteiger partial charge in [0, 0.05) is 17.5 Å². The molecule has 0 amide bonds. The van der Waals surface area contributed by atoms with Crippen molar-refractivity contribution in [2.45, 2.75) is 27.2 Å². The van der Waals surface area contributed by atoms with Crippen molar-refractivity contribution in [3.8, 4) is 0 Å². The molecule has 96 valence electrons. The number of hydrogen-bond acceptors (Lipinski definition) is 1. The first kappa shape index (κ1) is 13.5. The van der Waals surface area contributed by atoms with Crippen LogP contribution < -0.4 is 0 Å². The molecule has 1 heterocycles. The molecule has 0 fully saturated rings. The lowest BCUT2D eigenvalue weighted by atomic mass is 9.83. The van der Waals surface area contributed by atoms with Crippen LogP contribution >= 0.6 is 15.9 Å². The molecule has 1 aliphatic rings. The Morgan fingerprint density at radius 3 is 2.61 bits per heavy atom. The monoisotopic (exact) mass is 309 g/mol. The lowest BCUT2D eigenvalue weighted by Crippen LogP contribution is -2.23. The molecule has 3 heteroatoms. The maximum Gasteiger partial charge on any atom is 0.137 e. The van der Waals surface area contributed by atoms with Crippen molar-refractivity contribution in [1.29, 1.82) is 0 Å². The third-order valence-electron chi connectivity index (χ3n) is 3.13. The van der Waals surface area contributed by atoms with Crippen LogP contribution in [0.2, 0.25) is 0 Å². The van der Waals surface area contributed by atoms with Gasteiger partial charge in [-0.1, -0.05) is 32.9 Å². The highest BCUT2D eigenvalue weighted by Gasteiger charge is 2.22. The van der Waals surface area contributed by atoms with Crippen molar-refractivity contribution < 1.29 is 4.39 Å². The van der Waals surface area contributed by atoms with Gasteiger partial charge in [-0.25, -0.2) is 4.39 Å².